The number of para-hydroxylation sites is 1. The second kappa shape index (κ2) is 7.34. The van der Waals surface area contributed by atoms with Crippen molar-refractivity contribution in [3.05, 3.63) is 65.0 Å². The van der Waals surface area contributed by atoms with Crippen molar-refractivity contribution in [2.24, 2.45) is 0 Å². The van der Waals surface area contributed by atoms with Gasteiger partial charge in [0.2, 0.25) is 0 Å². The first-order valence-corrected chi connectivity index (χ1v) is 8.18. The third kappa shape index (κ3) is 3.96. The summed E-state index contributed by atoms with van der Waals surface area (Å²) in [6, 6.07) is 11.4. The van der Waals surface area contributed by atoms with E-state index in [1.165, 1.54) is 36.2 Å². The average Bonchev–Trinajstić information content (AvgIpc) is 3.08. The largest absolute Gasteiger partial charge is 0.478 e. The maximum Gasteiger partial charge on any atom is 0.279 e. The molecule has 0 radical (unpaired) electrons. The van der Waals surface area contributed by atoms with E-state index in [0.29, 0.717) is 5.56 Å². The Hall–Kier alpha value is -2.89. The Morgan fingerprint density at radius 3 is 2.64 bits per heavy atom. The van der Waals surface area contributed by atoms with E-state index in [1.54, 1.807) is 12.1 Å². The Labute approximate surface area is 145 Å². The summed E-state index contributed by atoms with van der Waals surface area (Å²) in [5.74, 6) is -1.54. The van der Waals surface area contributed by atoms with Crippen molar-refractivity contribution in [2.45, 2.75) is 32.3 Å². The summed E-state index contributed by atoms with van der Waals surface area (Å²) in [5.41, 5.74) is 7.60. The van der Waals surface area contributed by atoms with Crippen LogP contribution in [0.3, 0.4) is 0 Å². The van der Waals surface area contributed by atoms with Gasteiger partial charge in [-0.2, -0.15) is 0 Å². The lowest BCUT2D eigenvalue weighted by atomic mass is 10.1. The topological polar surface area (TPSA) is 67.4 Å². The molecule has 0 saturated heterocycles. The minimum absolute atomic E-state index is 0.0184. The van der Waals surface area contributed by atoms with E-state index in [1.807, 2.05) is 12.1 Å². The Morgan fingerprint density at radius 2 is 1.84 bits per heavy atom. The standard InChI is InChI=1S/C19H19FN2O3/c1-12(25-17-8-3-2-7-16(17)20)18(23)21-22-19(24)15-10-9-13-5-4-6-14(13)11-15/h2-3,7-12H,4-6H2,1H3,(H,21,23)(H,22,24). The molecule has 1 aliphatic carbocycles. The summed E-state index contributed by atoms with van der Waals surface area (Å²) in [6.45, 7) is 1.48. The monoisotopic (exact) mass is 342 g/mol. The van der Waals surface area contributed by atoms with Gasteiger partial charge in [0.1, 0.15) is 0 Å². The number of benzene rings is 2. The maximum atomic E-state index is 13.5. The molecule has 0 heterocycles. The minimum atomic E-state index is -0.961. The van der Waals surface area contributed by atoms with Crippen LogP contribution in [0.25, 0.3) is 0 Å². The Kier molecular flexibility index (Phi) is 4.97. The number of carbonyl (C=O) groups excluding carboxylic acids is 2. The summed E-state index contributed by atoms with van der Waals surface area (Å²) >= 11 is 0. The second-order valence-corrected chi connectivity index (χ2v) is 5.97. The predicted molar refractivity (Wildman–Crippen MR) is 90.6 cm³/mol. The van der Waals surface area contributed by atoms with Gasteiger partial charge in [-0.25, -0.2) is 4.39 Å². The van der Waals surface area contributed by atoms with Crippen LogP contribution in [0.2, 0.25) is 0 Å². The number of hydrazine groups is 1. The van der Waals surface area contributed by atoms with Crippen LogP contribution in [-0.2, 0) is 17.6 Å². The number of fused-ring (bicyclic) bond motifs is 1. The van der Waals surface area contributed by atoms with Crippen LogP contribution in [0.1, 0.15) is 34.8 Å². The molecule has 1 atom stereocenters. The van der Waals surface area contributed by atoms with Gasteiger partial charge >= 0.3 is 0 Å². The van der Waals surface area contributed by atoms with Gasteiger partial charge in [0, 0.05) is 5.56 Å². The van der Waals surface area contributed by atoms with Crippen molar-refractivity contribution < 1.29 is 18.7 Å². The van der Waals surface area contributed by atoms with Crippen LogP contribution in [0.4, 0.5) is 4.39 Å². The van der Waals surface area contributed by atoms with Crippen LogP contribution in [0.15, 0.2) is 42.5 Å². The first-order chi connectivity index (χ1) is 12.0. The highest BCUT2D eigenvalue weighted by Gasteiger charge is 2.18. The highest BCUT2D eigenvalue weighted by atomic mass is 19.1. The molecular formula is C19H19FN2O3. The zero-order valence-corrected chi connectivity index (χ0v) is 13.8. The summed E-state index contributed by atoms with van der Waals surface area (Å²) in [6.07, 6.45) is 2.15. The number of rotatable bonds is 4. The highest BCUT2D eigenvalue weighted by Crippen LogP contribution is 2.22. The number of carbonyl (C=O) groups is 2. The van der Waals surface area contributed by atoms with E-state index in [9.17, 15) is 14.0 Å². The van der Waals surface area contributed by atoms with Gasteiger partial charge in [-0.05, 0) is 61.6 Å². The molecule has 0 bridgehead atoms. The van der Waals surface area contributed by atoms with E-state index >= 15 is 0 Å². The van der Waals surface area contributed by atoms with Crippen molar-refractivity contribution in [2.75, 3.05) is 0 Å². The van der Waals surface area contributed by atoms with Crippen molar-refractivity contribution in [3.63, 3.8) is 0 Å². The molecule has 6 heteroatoms. The first-order valence-electron chi connectivity index (χ1n) is 8.18. The predicted octanol–water partition coefficient (Wildman–Crippen LogP) is 2.54. The van der Waals surface area contributed by atoms with Crippen LogP contribution >= 0.6 is 0 Å². The van der Waals surface area contributed by atoms with E-state index in [-0.39, 0.29) is 5.75 Å². The summed E-state index contributed by atoms with van der Waals surface area (Å²) < 4.78 is 18.8. The molecule has 130 valence electrons. The number of nitrogens with one attached hydrogen (secondary N) is 2. The van der Waals surface area contributed by atoms with Gasteiger partial charge in [-0.15, -0.1) is 0 Å². The quantitative estimate of drug-likeness (QED) is 0.839. The molecule has 2 aromatic rings. The van der Waals surface area contributed by atoms with E-state index in [0.717, 1.165) is 19.3 Å². The fourth-order valence-electron chi connectivity index (χ4n) is 2.79. The SMILES string of the molecule is CC(Oc1ccccc1F)C(=O)NNC(=O)c1ccc2c(c1)CCC2. The van der Waals surface area contributed by atoms with Gasteiger partial charge < -0.3 is 4.74 Å². The summed E-state index contributed by atoms with van der Waals surface area (Å²) in [7, 11) is 0. The zero-order chi connectivity index (χ0) is 17.8. The van der Waals surface area contributed by atoms with Crippen LogP contribution in [0, 0.1) is 5.82 Å². The number of halogens is 1. The molecule has 2 N–H and O–H groups in total. The van der Waals surface area contributed by atoms with Crippen LogP contribution in [-0.4, -0.2) is 17.9 Å². The molecule has 5 nitrogen and oxygen atoms in total. The van der Waals surface area contributed by atoms with Crippen molar-refractivity contribution in [3.8, 4) is 5.75 Å². The lowest BCUT2D eigenvalue weighted by molar-refractivity contribution is -0.128. The summed E-state index contributed by atoms with van der Waals surface area (Å²) in [4.78, 5) is 24.2. The third-order valence-electron chi connectivity index (χ3n) is 4.17. The number of hydrogen-bond acceptors (Lipinski definition) is 3. The van der Waals surface area contributed by atoms with Gasteiger partial charge in [0.05, 0.1) is 0 Å². The van der Waals surface area contributed by atoms with E-state index in [4.69, 9.17) is 4.74 Å². The maximum absolute atomic E-state index is 13.5. The molecule has 2 aromatic carbocycles. The Balaban J connectivity index is 1.54. The molecule has 1 aliphatic rings. The van der Waals surface area contributed by atoms with Crippen molar-refractivity contribution in [1.29, 1.82) is 0 Å². The molecule has 3 rings (SSSR count). The second-order valence-electron chi connectivity index (χ2n) is 5.97. The molecule has 0 fully saturated rings. The normalized spacial score (nSPS) is 13.7. The smallest absolute Gasteiger partial charge is 0.279 e. The number of hydrogen-bond donors (Lipinski definition) is 2. The van der Waals surface area contributed by atoms with Gasteiger partial charge in [-0.1, -0.05) is 18.2 Å². The first kappa shape index (κ1) is 17.0. The fraction of sp³-hybridized carbons (Fsp3) is 0.263. The zero-order valence-electron chi connectivity index (χ0n) is 13.8. The van der Waals surface area contributed by atoms with Gasteiger partial charge in [0.25, 0.3) is 11.8 Å². The molecule has 0 aromatic heterocycles. The van der Waals surface area contributed by atoms with Gasteiger partial charge in [0.15, 0.2) is 17.7 Å². The minimum Gasteiger partial charge on any atom is -0.478 e. The lowest BCUT2D eigenvalue weighted by Gasteiger charge is -2.15. The Morgan fingerprint density at radius 1 is 1.08 bits per heavy atom. The lowest BCUT2D eigenvalue weighted by Crippen LogP contribution is -2.47. The highest BCUT2D eigenvalue weighted by molar-refractivity contribution is 5.96. The number of ether oxygens (including phenoxy) is 1. The molecule has 25 heavy (non-hydrogen) atoms. The van der Waals surface area contributed by atoms with E-state index in [2.05, 4.69) is 10.9 Å². The average molecular weight is 342 g/mol. The third-order valence-corrected chi connectivity index (χ3v) is 4.17. The van der Waals surface area contributed by atoms with E-state index < -0.39 is 23.7 Å². The molecule has 1 unspecified atom stereocenters. The Bertz CT molecular complexity index is 807. The molecule has 0 spiro atoms. The van der Waals surface area contributed by atoms with Crippen molar-refractivity contribution in [1.82, 2.24) is 10.9 Å². The molecule has 0 aliphatic heterocycles. The number of aryl methyl sites for hydroxylation is 2. The molecular weight excluding hydrogens is 323 g/mol. The fourth-order valence-corrected chi connectivity index (χ4v) is 2.79. The molecule has 0 saturated carbocycles. The van der Waals surface area contributed by atoms with Crippen LogP contribution < -0.4 is 15.6 Å². The van der Waals surface area contributed by atoms with Crippen LogP contribution in [0.5, 0.6) is 5.75 Å². The van der Waals surface area contributed by atoms with Crippen molar-refractivity contribution >= 4 is 11.8 Å². The number of amides is 2. The van der Waals surface area contributed by atoms with Gasteiger partial charge in [-0.3, -0.25) is 20.4 Å². The summed E-state index contributed by atoms with van der Waals surface area (Å²) in [5, 5.41) is 0. The molecule has 2 amide bonds.